The minimum Gasteiger partial charge on any atom is -0.389 e. The van der Waals surface area contributed by atoms with Crippen molar-refractivity contribution >= 4 is 27.2 Å². The van der Waals surface area contributed by atoms with E-state index in [0.717, 1.165) is 12.1 Å². The molecule has 0 aromatic heterocycles. The smallest absolute Gasteiger partial charge is 0.240 e. The highest BCUT2D eigenvalue weighted by molar-refractivity contribution is 7.89. The zero-order valence-corrected chi connectivity index (χ0v) is 12.9. The molecule has 0 saturated carbocycles. The quantitative estimate of drug-likeness (QED) is 0.737. The molecular formula is C12H17FN2O3S2. The molecule has 5 nitrogen and oxygen atoms in total. The van der Waals surface area contributed by atoms with Crippen LogP contribution in [0.15, 0.2) is 23.1 Å². The summed E-state index contributed by atoms with van der Waals surface area (Å²) in [4.78, 5) is -0.266. The maximum absolute atomic E-state index is 13.4. The number of halogens is 1. The summed E-state index contributed by atoms with van der Waals surface area (Å²) in [6.07, 6.45) is 0.527. The number of rotatable bonds is 7. The summed E-state index contributed by atoms with van der Waals surface area (Å²) in [5.74, 6) is -0.649. The first kappa shape index (κ1) is 17.0. The van der Waals surface area contributed by atoms with Crippen molar-refractivity contribution in [2.45, 2.75) is 24.3 Å². The molecule has 0 aliphatic carbocycles. The molecule has 0 saturated heterocycles. The van der Waals surface area contributed by atoms with Gasteiger partial charge < -0.3 is 10.5 Å². The lowest BCUT2D eigenvalue weighted by molar-refractivity contribution is 0.188. The molecule has 0 spiro atoms. The zero-order valence-electron chi connectivity index (χ0n) is 11.2. The number of hydrogen-bond donors (Lipinski definition) is 2. The molecule has 3 N–H and O–H groups in total. The fourth-order valence-corrected chi connectivity index (χ4v) is 3.01. The minimum atomic E-state index is -3.75. The van der Waals surface area contributed by atoms with Crippen molar-refractivity contribution in [3.63, 3.8) is 0 Å². The molecule has 1 atom stereocenters. The molecule has 112 valence electrons. The molecule has 0 amide bonds. The number of nitrogens with one attached hydrogen (secondary N) is 1. The van der Waals surface area contributed by atoms with Crippen LogP contribution < -0.4 is 10.5 Å². The zero-order chi connectivity index (χ0) is 15.3. The summed E-state index contributed by atoms with van der Waals surface area (Å²) in [7, 11) is -2.21. The molecule has 8 heteroatoms. The van der Waals surface area contributed by atoms with Crippen LogP contribution in [0.2, 0.25) is 0 Å². The third kappa shape index (κ3) is 4.48. The van der Waals surface area contributed by atoms with Gasteiger partial charge >= 0.3 is 0 Å². The standard InChI is InChI=1S/C12H17FN2O3S2/c1-8(5-6-18-2)15-20(16,17)9-3-4-11(13)10(7-9)12(14)19/h3-4,7-8,15H,5-6H2,1-2H3,(H2,14,19). The number of thiocarbonyl (C=S) groups is 1. The molecule has 0 bridgehead atoms. The molecule has 1 unspecified atom stereocenters. The van der Waals surface area contributed by atoms with Crippen molar-refractivity contribution < 1.29 is 17.5 Å². The van der Waals surface area contributed by atoms with Crippen LogP contribution in [-0.2, 0) is 14.8 Å². The van der Waals surface area contributed by atoms with Gasteiger partial charge in [-0.3, -0.25) is 0 Å². The van der Waals surface area contributed by atoms with Gasteiger partial charge in [0.25, 0.3) is 0 Å². The first-order valence-electron chi connectivity index (χ1n) is 5.88. The van der Waals surface area contributed by atoms with Crippen molar-refractivity contribution in [2.75, 3.05) is 13.7 Å². The predicted molar refractivity (Wildman–Crippen MR) is 78.6 cm³/mol. The molecule has 0 radical (unpaired) electrons. The number of hydrogen-bond acceptors (Lipinski definition) is 4. The van der Waals surface area contributed by atoms with Crippen molar-refractivity contribution in [2.24, 2.45) is 5.73 Å². The Morgan fingerprint density at radius 3 is 2.75 bits per heavy atom. The second-order valence-electron chi connectivity index (χ2n) is 4.31. The highest BCUT2D eigenvalue weighted by Crippen LogP contribution is 2.15. The van der Waals surface area contributed by atoms with E-state index in [0.29, 0.717) is 13.0 Å². The highest BCUT2D eigenvalue weighted by Gasteiger charge is 2.19. The van der Waals surface area contributed by atoms with Gasteiger partial charge in [-0.1, -0.05) is 12.2 Å². The number of methoxy groups -OCH3 is 1. The van der Waals surface area contributed by atoms with E-state index in [2.05, 4.69) is 16.9 Å². The van der Waals surface area contributed by atoms with E-state index >= 15 is 0 Å². The molecule has 1 aromatic carbocycles. The van der Waals surface area contributed by atoms with Gasteiger partial charge in [0.15, 0.2) is 0 Å². The Labute approximate surface area is 123 Å². The van der Waals surface area contributed by atoms with Crippen molar-refractivity contribution in [1.29, 1.82) is 0 Å². The fraction of sp³-hybridized carbons (Fsp3) is 0.417. The second-order valence-corrected chi connectivity index (χ2v) is 6.46. The number of sulfonamides is 1. The van der Waals surface area contributed by atoms with Crippen LogP contribution in [0, 0.1) is 5.82 Å². The van der Waals surface area contributed by atoms with Gasteiger partial charge in [-0.15, -0.1) is 0 Å². The van der Waals surface area contributed by atoms with E-state index in [1.54, 1.807) is 6.92 Å². The maximum atomic E-state index is 13.4. The molecular weight excluding hydrogens is 303 g/mol. The Balaban J connectivity index is 2.98. The Morgan fingerprint density at radius 1 is 1.55 bits per heavy atom. The SMILES string of the molecule is COCCC(C)NS(=O)(=O)c1ccc(F)c(C(N)=S)c1. The van der Waals surface area contributed by atoms with Crippen LogP contribution in [-0.4, -0.2) is 33.2 Å². The monoisotopic (exact) mass is 320 g/mol. The Kier molecular flexibility index (Phi) is 6.00. The third-order valence-corrected chi connectivity index (χ3v) is 4.43. The predicted octanol–water partition coefficient (Wildman–Crippen LogP) is 1.16. The average Bonchev–Trinajstić information content (AvgIpc) is 2.35. The van der Waals surface area contributed by atoms with Crippen LogP contribution in [0.25, 0.3) is 0 Å². The van der Waals surface area contributed by atoms with Gasteiger partial charge in [0.05, 0.1) is 4.90 Å². The number of ether oxygens (including phenoxy) is 1. The van der Waals surface area contributed by atoms with Crippen molar-refractivity contribution in [3.8, 4) is 0 Å². The normalized spacial score (nSPS) is 13.2. The van der Waals surface area contributed by atoms with Gasteiger partial charge in [0.2, 0.25) is 10.0 Å². The van der Waals surface area contributed by atoms with Gasteiger partial charge in [-0.05, 0) is 31.5 Å². The van der Waals surface area contributed by atoms with E-state index < -0.39 is 15.8 Å². The lowest BCUT2D eigenvalue weighted by Gasteiger charge is -2.14. The van der Waals surface area contributed by atoms with Crippen LogP contribution >= 0.6 is 12.2 Å². The number of benzene rings is 1. The maximum Gasteiger partial charge on any atom is 0.240 e. The third-order valence-electron chi connectivity index (χ3n) is 2.62. The lowest BCUT2D eigenvalue weighted by Crippen LogP contribution is -2.33. The molecule has 1 rings (SSSR count). The topological polar surface area (TPSA) is 81.4 Å². The molecule has 0 aliphatic heterocycles. The summed E-state index contributed by atoms with van der Waals surface area (Å²) in [5, 5.41) is 0. The first-order valence-corrected chi connectivity index (χ1v) is 7.77. The van der Waals surface area contributed by atoms with Gasteiger partial charge in [-0.2, -0.15) is 0 Å². The lowest BCUT2D eigenvalue weighted by atomic mass is 10.2. The molecule has 1 aromatic rings. The Morgan fingerprint density at radius 2 is 2.20 bits per heavy atom. The largest absolute Gasteiger partial charge is 0.389 e. The highest BCUT2D eigenvalue weighted by atomic mass is 32.2. The van der Waals surface area contributed by atoms with Gasteiger partial charge in [0.1, 0.15) is 10.8 Å². The van der Waals surface area contributed by atoms with Crippen LogP contribution in [0.4, 0.5) is 4.39 Å². The Bertz CT molecular complexity index is 590. The first-order chi connectivity index (χ1) is 9.27. The molecule has 0 aliphatic rings. The van der Waals surface area contributed by atoms with Crippen LogP contribution in [0.1, 0.15) is 18.9 Å². The van der Waals surface area contributed by atoms with Crippen LogP contribution in [0.5, 0.6) is 0 Å². The molecule has 0 heterocycles. The Hall–Kier alpha value is -1.09. The van der Waals surface area contributed by atoms with E-state index in [-0.39, 0.29) is 21.5 Å². The average molecular weight is 320 g/mol. The van der Waals surface area contributed by atoms with Crippen molar-refractivity contribution in [3.05, 3.63) is 29.6 Å². The van der Waals surface area contributed by atoms with E-state index in [1.807, 2.05) is 0 Å². The number of nitrogens with two attached hydrogens (primary N) is 1. The summed E-state index contributed by atoms with van der Waals surface area (Å²) >= 11 is 4.68. The van der Waals surface area contributed by atoms with Gasteiger partial charge in [-0.25, -0.2) is 17.5 Å². The van der Waals surface area contributed by atoms with E-state index in [1.165, 1.54) is 13.2 Å². The summed E-state index contributed by atoms with van der Waals surface area (Å²) < 4.78 is 45.1. The second kappa shape index (κ2) is 7.07. The van der Waals surface area contributed by atoms with E-state index in [9.17, 15) is 12.8 Å². The van der Waals surface area contributed by atoms with E-state index in [4.69, 9.17) is 10.5 Å². The summed E-state index contributed by atoms with van der Waals surface area (Å²) in [5.41, 5.74) is 5.26. The minimum absolute atomic E-state index is 0.0778. The van der Waals surface area contributed by atoms with Gasteiger partial charge in [0, 0.05) is 25.3 Å². The summed E-state index contributed by atoms with van der Waals surface area (Å²) in [6.45, 7) is 2.15. The van der Waals surface area contributed by atoms with Crippen LogP contribution in [0.3, 0.4) is 0 Å². The molecule has 0 fully saturated rings. The van der Waals surface area contributed by atoms with Crippen molar-refractivity contribution in [1.82, 2.24) is 4.72 Å². The summed E-state index contributed by atoms with van der Waals surface area (Å²) in [6, 6.07) is 3.02. The fourth-order valence-electron chi connectivity index (χ4n) is 1.55. The molecule has 20 heavy (non-hydrogen) atoms.